The van der Waals surface area contributed by atoms with Crippen molar-refractivity contribution in [3.05, 3.63) is 66.0 Å². The maximum atomic E-state index is 14.2. The second-order valence-corrected chi connectivity index (χ2v) is 8.76. The van der Waals surface area contributed by atoms with Gasteiger partial charge in [0.2, 0.25) is 5.95 Å². The Hall–Kier alpha value is -3.99. The van der Waals surface area contributed by atoms with Gasteiger partial charge in [0.1, 0.15) is 17.2 Å². The highest BCUT2D eigenvalue weighted by molar-refractivity contribution is 5.95. The van der Waals surface area contributed by atoms with Gasteiger partial charge in [-0.3, -0.25) is 0 Å². The number of rotatable bonds is 6. The number of para-hydroxylation sites is 1. The lowest BCUT2D eigenvalue weighted by Gasteiger charge is -2.14. The summed E-state index contributed by atoms with van der Waals surface area (Å²) in [5, 5.41) is 3.28. The predicted octanol–water partition coefficient (Wildman–Crippen LogP) is 5.75. The Morgan fingerprint density at radius 3 is 2.67 bits per heavy atom. The quantitative estimate of drug-likeness (QED) is 0.293. The van der Waals surface area contributed by atoms with Gasteiger partial charge < -0.3 is 19.8 Å². The number of imidazole rings is 1. The summed E-state index contributed by atoms with van der Waals surface area (Å²) in [5.74, 6) is 0.281. The summed E-state index contributed by atoms with van der Waals surface area (Å²) in [6.07, 6.45) is -2.63. The average molecular weight is 498 g/mol. The monoisotopic (exact) mass is 497 g/mol. The summed E-state index contributed by atoms with van der Waals surface area (Å²) in [6.45, 7) is 3.56. The van der Waals surface area contributed by atoms with Crippen molar-refractivity contribution < 1.29 is 17.6 Å². The van der Waals surface area contributed by atoms with Gasteiger partial charge in [-0.25, -0.2) is 19.3 Å². The number of nitrogens with one attached hydrogen (secondary N) is 2. The summed E-state index contributed by atoms with van der Waals surface area (Å²) in [5.41, 5.74) is 1.17. The second-order valence-electron chi connectivity index (χ2n) is 8.76. The third-order valence-electron chi connectivity index (χ3n) is 5.98. The largest absolute Gasteiger partial charge is 0.419 e. The molecule has 0 aliphatic carbocycles. The molecule has 0 saturated carbocycles. The van der Waals surface area contributed by atoms with Crippen LogP contribution in [-0.4, -0.2) is 50.0 Å². The lowest BCUT2D eigenvalue weighted by atomic mass is 10.1. The molecule has 5 rings (SSSR count). The molecular weight excluding hydrogens is 474 g/mol. The fourth-order valence-electron chi connectivity index (χ4n) is 4.21. The molecule has 0 saturated heterocycles. The van der Waals surface area contributed by atoms with Crippen LogP contribution >= 0.6 is 0 Å². The van der Waals surface area contributed by atoms with Crippen molar-refractivity contribution in [1.29, 1.82) is 0 Å². The van der Waals surface area contributed by atoms with Crippen LogP contribution in [-0.2, 0) is 12.7 Å². The number of hydrogen-bond donors (Lipinski definition) is 2. The van der Waals surface area contributed by atoms with Gasteiger partial charge >= 0.3 is 6.18 Å². The minimum absolute atomic E-state index is 0.0214. The molecule has 3 aromatic heterocycles. The van der Waals surface area contributed by atoms with E-state index in [1.54, 1.807) is 18.2 Å². The highest BCUT2D eigenvalue weighted by Gasteiger charge is 2.36. The number of halogens is 4. The van der Waals surface area contributed by atoms with E-state index in [2.05, 4.69) is 34.7 Å². The van der Waals surface area contributed by atoms with E-state index >= 15 is 0 Å². The molecule has 0 aliphatic heterocycles. The number of benzene rings is 2. The van der Waals surface area contributed by atoms with Crippen molar-refractivity contribution in [2.75, 3.05) is 26.0 Å². The van der Waals surface area contributed by atoms with Crippen molar-refractivity contribution in [3.63, 3.8) is 0 Å². The molecule has 7 nitrogen and oxygen atoms in total. The molecule has 5 aromatic rings. The molecule has 11 heteroatoms. The molecule has 0 unspecified atom stereocenters. The van der Waals surface area contributed by atoms with Crippen LogP contribution in [0.2, 0.25) is 0 Å². The standard InChI is InChI=1S/C25H23F4N7/c1-14-32-20-11-15(7-8-21(20)36(14)10-9-35(2)3)33-24-31-13-18(25(27,28)29)22(34-24)17-12-30-23-16(17)5-4-6-19(23)26/h4-8,11-13,30H,9-10H2,1-3H3,(H,31,33,34). The van der Waals surface area contributed by atoms with Crippen LogP contribution < -0.4 is 5.32 Å². The lowest BCUT2D eigenvalue weighted by molar-refractivity contribution is -0.137. The number of hydrogen-bond acceptors (Lipinski definition) is 5. The average Bonchev–Trinajstić information content (AvgIpc) is 3.38. The van der Waals surface area contributed by atoms with E-state index in [-0.39, 0.29) is 22.7 Å². The second kappa shape index (κ2) is 8.90. The van der Waals surface area contributed by atoms with Crippen LogP contribution in [0.4, 0.5) is 29.2 Å². The van der Waals surface area contributed by atoms with E-state index in [0.29, 0.717) is 11.1 Å². The molecule has 0 bridgehead atoms. The molecule has 0 atom stereocenters. The Morgan fingerprint density at radius 2 is 1.92 bits per heavy atom. The maximum absolute atomic E-state index is 14.2. The van der Waals surface area contributed by atoms with Crippen molar-refractivity contribution >= 4 is 33.6 Å². The van der Waals surface area contributed by atoms with Gasteiger partial charge in [-0.2, -0.15) is 13.2 Å². The van der Waals surface area contributed by atoms with E-state index in [9.17, 15) is 17.6 Å². The maximum Gasteiger partial charge on any atom is 0.419 e. The first-order valence-electron chi connectivity index (χ1n) is 11.2. The van der Waals surface area contributed by atoms with E-state index in [1.165, 1.54) is 18.3 Å². The Balaban J connectivity index is 1.53. The zero-order valence-electron chi connectivity index (χ0n) is 19.8. The SMILES string of the molecule is Cc1nc2cc(Nc3ncc(C(F)(F)F)c(-c4c[nH]c5c(F)cccc45)n3)ccc2n1CCN(C)C. The molecule has 0 spiro atoms. The molecule has 2 N–H and O–H groups in total. The number of aromatic amines is 1. The van der Waals surface area contributed by atoms with Gasteiger partial charge in [-0.1, -0.05) is 12.1 Å². The first-order valence-corrected chi connectivity index (χ1v) is 11.2. The van der Waals surface area contributed by atoms with Crippen LogP contribution in [0.5, 0.6) is 0 Å². The van der Waals surface area contributed by atoms with Crippen LogP contribution in [0.25, 0.3) is 33.2 Å². The fraction of sp³-hybridized carbons (Fsp3) is 0.240. The summed E-state index contributed by atoms with van der Waals surface area (Å²) >= 11 is 0. The zero-order valence-corrected chi connectivity index (χ0v) is 19.8. The third-order valence-corrected chi connectivity index (χ3v) is 5.98. The summed E-state index contributed by atoms with van der Waals surface area (Å²) in [4.78, 5) is 17.5. The first kappa shape index (κ1) is 23.7. The summed E-state index contributed by atoms with van der Waals surface area (Å²) in [6, 6.07) is 9.73. The predicted molar refractivity (Wildman–Crippen MR) is 131 cm³/mol. The molecule has 0 fully saturated rings. The van der Waals surface area contributed by atoms with Crippen molar-refractivity contribution in [2.45, 2.75) is 19.6 Å². The minimum Gasteiger partial charge on any atom is -0.358 e. The summed E-state index contributed by atoms with van der Waals surface area (Å²) in [7, 11) is 4.00. The number of fused-ring (bicyclic) bond motifs is 2. The molecule has 186 valence electrons. The number of aryl methyl sites for hydroxylation is 1. The van der Waals surface area contributed by atoms with Gasteiger partial charge in [0.15, 0.2) is 0 Å². The number of H-pyrrole nitrogens is 1. The number of likely N-dealkylation sites (N-methyl/N-ethyl adjacent to an activating group) is 1. The zero-order chi connectivity index (χ0) is 25.6. The van der Waals surface area contributed by atoms with Crippen LogP contribution in [0.3, 0.4) is 0 Å². The Labute approximate surface area is 203 Å². The number of alkyl halides is 3. The normalized spacial score (nSPS) is 12.2. The van der Waals surface area contributed by atoms with E-state index in [4.69, 9.17) is 0 Å². The molecule has 3 heterocycles. The van der Waals surface area contributed by atoms with E-state index in [1.807, 2.05) is 27.1 Å². The first-order chi connectivity index (χ1) is 17.1. The molecule has 0 amide bonds. The minimum atomic E-state index is -4.69. The molecule has 36 heavy (non-hydrogen) atoms. The van der Waals surface area contributed by atoms with Crippen molar-refractivity contribution in [2.24, 2.45) is 0 Å². The molecule has 0 radical (unpaired) electrons. The van der Waals surface area contributed by atoms with E-state index in [0.717, 1.165) is 36.1 Å². The topological polar surface area (TPSA) is 74.7 Å². The summed E-state index contributed by atoms with van der Waals surface area (Å²) < 4.78 is 57.7. The van der Waals surface area contributed by atoms with Crippen LogP contribution in [0, 0.1) is 12.7 Å². The van der Waals surface area contributed by atoms with Gasteiger partial charge in [0.25, 0.3) is 0 Å². The fourth-order valence-corrected chi connectivity index (χ4v) is 4.21. The molecule has 0 aliphatic rings. The highest BCUT2D eigenvalue weighted by Crippen LogP contribution is 2.39. The van der Waals surface area contributed by atoms with E-state index < -0.39 is 17.6 Å². The number of anilines is 2. The lowest BCUT2D eigenvalue weighted by Crippen LogP contribution is -2.18. The highest BCUT2D eigenvalue weighted by atomic mass is 19.4. The van der Waals surface area contributed by atoms with Crippen LogP contribution in [0.1, 0.15) is 11.4 Å². The molecular formula is C25H23F4N7. The molecule has 2 aromatic carbocycles. The van der Waals surface area contributed by atoms with Crippen LogP contribution in [0.15, 0.2) is 48.8 Å². The van der Waals surface area contributed by atoms with Gasteiger partial charge in [0, 0.05) is 42.1 Å². The van der Waals surface area contributed by atoms with Crippen molar-refractivity contribution in [1.82, 2.24) is 29.4 Å². The Bertz CT molecular complexity index is 1570. The van der Waals surface area contributed by atoms with Gasteiger partial charge in [-0.05, 0) is 45.3 Å². The third kappa shape index (κ3) is 4.37. The number of aromatic nitrogens is 5. The van der Waals surface area contributed by atoms with Gasteiger partial charge in [-0.15, -0.1) is 0 Å². The smallest absolute Gasteiger partial charge is 0.358 e. The van der Waals surface area contributed by atoms with Gasteiger partial charge in [0.05, 0.1) is 22.2 Å². The Morgan fingerprint density at radius 1 is 1.11 bits per heavy atom. The Kier molecular flexibility index (Phi) is 5.87. The number of nitrogens with zero attached hydrogens (tertiary/aromatic N) is 5. The van der Waals surface area contributed by atoms with Crippen molar-refractivity contribution in [3.8, 4) is 11.3 Å².